The molecule has 1 fully saturated rings. The average molecular weight is 477 g/mol. The predicted octanol–water partition coefficient (Wildman–Crippen LogP) is 2.63. The molecule has 0 radical (unpaired) electrons. The van der Waals surface area contributed by atoms with E-state index in [1.165, 1.54) is 35.0 Å². The third kappa shape index (κ3) is 4.37. The third-order valence-electron chi connectivity index (χ3n) is 6.11. The minimum Gasteiger partial charge on any atom is -0.338 e. The van der Waals surface area contributed by atoms with Crippen LogP contribution in [0.2, 0.25) is 0 Å². The van der Waals surface area contributed by atoms with E-state index < -0.39 is 16.4 Å². The number of carbonyl (C=O) groups excluding carboxylic acids is 1. The molecule has 0 bridgehead atoms. The highest BCUT2D eigenvalue weighted by Crippen LogP contribution is 2.28. The van der Waals surface area contributed by atoms with Crippen LogP contribution in [0.5, 0.6) is 0 Å². The molecule has 11 nitrogen and oxygen atoms in total. The minimum absolute atomic E-state index is 0.0521. The Balaban J connectivity index is 1.35. The summed E-state index contributed by atoms with van der Waals surface area (Å²) in [5.74, 6) is -0.437. The van der Waals surface area contributed by atoms with Crippen molar-refractivity contribution in [2.45, 2.75) is 25.3 Å². The summed E-state index contributed by atoms with van der Waals surface area (Å²) in [7, 11) is 0. The van der Waals surface area contributed by atoms with E-state index in [-0.39, 0.29) is 35.0 Å². The van der Waals surface area contributed by atoms with E-state index >= 15 is 0 Å². The zero-order valence-electron chi connectivity index (χ0n) is 18.4. The number of amides is 1. The number of aromatic nitrogens is 5. The number of likely N-dealkylation sites (tertiary alicyclic amines) is 1. The lowest BCUT2D eigenvalue weighted by molar-refractivity contribution is -0.385. The van der Waals surface area contributed by atoms with Gasteiger partial charge in [-0.05, 0) is 36.6 Å². The monoisotopic (exact) mass is 477 g/mol. The van der Waals surface area contributed by atoms with Gasteiger partial charge in [0.1, 0.15) is 17.2 Å². The number of hydrogen-bond donors (Lipinski definition) is 1. The van der Waals surface area contributed by atoms with Crippen LogP contribution in [0.3, 0.4) is 0 Å². The van der Waals surface area contributed by atoms with Gasteiger partial charge in [-0.2, -0.15) is 0 Å². The van der Waals surface area contributed by atoms with Gasteiger partial charge in [-0.15, -0.1) is 5.10 Å². The zero-order valence-corrected chi connectivity index (χ0v) is 18.4. The molecule has 0 aliphatic carbocycles. The highest BCUT2D eigenvalue weighted by Gasteiger charge is 2.30. The molecular weight excluding hydrogens is 457 g/mol. The summed E-state index contributed by atoms with van der Waals surface area (Å²) in [6.45, 7) is 0.920. The van der Waals surface area contributed by atoms with Gasteiger partial charge in [0, 0.05) is 25.1 Å². The molecule has 5 rings (SSSR count). The van der Waals surface area contributed by atoms with Crippen molar-refractivity contribution >= 4 is 22.8 Å². The first-order valence-corrected chi connectivity index (χ1v) is 11.0. The summed E-state index contributed by atoms with van der Waals surface area (Å²) in [6, 6.07) is 11.9. The molecular formula is C23H20FN7O4. The summed E-state index contributed by atoms with van der Waals surface area (Å²) >= 11 is 0. The van der Waals surface area contributed by atoms with Crippen LogP contribution in [0.4, 0.5) is 10.1 Å². The number of fused-ring (bicyclic) bond motifs is 1. The van der Waals surface area contributed by atoms with Gasteiger partial charge in [0.2, 0.25) is 0 Å². The van der Waals surface area contributed by atoms with Crippen LogP contribution < -0.4 is 5.56 Å². The molecule has 178 valence electrons. The molecule has 0 saturated carbocycles. The zero-order chi connectivity index (χ0) is 24.5. The second kappa shape index (κ2) is 9.05. The van der Waals surface area contributed by atoms with Crippen molar-refractivity contribution in [2.75, 3.05) is 13.1 Å². The highest BCUT2D eigenvalue weighted by atomic mass is 19.1. The molecule has 12 heteroatoms. The minimum atomic E-state index is -0.565. The Labute approximate surface area is 197 Å². The molecule has 4 aromatic rings. The van der Waals surface area contributed by atoms with Gasteiger partial charge >= 0.3 is 0 Å². The number of benzene rings is 2. The van der Waals surface area contributed by atoms with Gasteiger partial charge in [-0.3, -0.25) is 19.7 Å². The van der Waals surface area contributed by atoms with E-state index in [0.717, 1.165) is 0 Å². The molecule has 35 heavy (non-hydrogen) atoms. The fraction of sp³-hybridized carbons (Fsp3) is 0.261. The summed E-state index contributed by atoms with van der Waals surface area (Å²) in [5.41, 5.74) is 0.447. The third-order valence-corrected chi connectivity index (χ3v) is 6.11. The van der Waals surface area contributed by atoms with Gasteiger partial charge in [0.25, 0.3) is 17.2 Å². The fourth-order valence-electron chi connectivity index (χ4n) is 4.33. The van der Waals surface area contributed by atoms with Crippen LogP contribution in [-0.2, 0) is 6.54 Å². The molecule has 1 saturated heterocycles. The number of nitrogens with zero attached hydrogens (tertiary/aromatic N) is 6. The van der Waals surface area contributed by atoms with E-state index in [2.05, 4.69) is 20.3 Å². The van der Waals surface area contributed by atoms with Crippen molar-refractivity contribution in [3.63, 3.8) is 0 Å². The van der Waals surface area contributed by atoms with Gasteiger partial charge in [-0.1, -0.05) is 29.5 Å². The Hall–Kier alpha value is -4.48. The maximum Gasteiger partial charge on any atom is 0.282 e. The van der Waals surface area contributed by atoms with Crippen molar-refractivity contribution < 1.29 is 14.1 Å². The lowest BCUT2D eigenvalue weighted by atomic mass is 9.95. The molecule has 2 aromatic carbocycles. The lowest BCUT2D eigenvalue weighted by Gasteiger charge is -2.31. The molecule has 3 heterocycles. The number of H-pyrrole nitrogens is 1. The first-order chi connectivity index (χ1) is 16.9. The van der Waals surface area contributed by atoms with Crippen molar-refractivity contribution in [3.05, 3.63) is 91.8 Å². The quantitative estimate of drug-likeness (QED) is 0.344. The van der Waals surface area contributed by atoms with E-state index in [0.29, 0.717) is 43.0 Å². The molecule has 1 N–H and O–H groups in total. The summed E-state index contributed by atoms with van der Waals surface area (Å²) < 4.78 is 15.0. The molecule has 1 aliphatic rings. The van der Waals surface area contributed by atoms with E-state index in [4.69, 9.17) is 0 Å². The Morgan fingerprint density at radius 1 is 1.17 bits per heavy atom. The molecule has 0 unspecified atom stereocenters. The maximum atomic E-state index is 13.6. The predicted molar refractivity (Wildman–Crippen MR) is 122 cm³/mol. The number of rotatable bonds is 5. The summed E-state index contributed by atoms with van der Waals surface area (Å²) in [6.07, 6.45) is 1.04. The maximum absolute atomic E-state index is 13.6. The largest absolute Gasteiger partial charge is 0.338 e. The van der Waals surface area contributed by atoms with Crippen LogP contribution in [0, 0.1) is 15.9 Å². The van der Waals surface area contributed by atoms with Gasteiger partial charge in [0.15, 0.2) is 11.2 Å². The number of para-hydroxylation sites is 1. The normalized spacial score (nSPS) is 14.4. The van der Waals surface area contributed by atoms with E-state index in [1.807, 2.05) is 0 Å². The Kier molecular flexibility index (Phi) is 5.77. The number of nitrogens with one attached hydrogen (secondary N) is 1. The van der Waals surface area contributed by atoms with Crippen LogP contribution >= 0.6 is 0 Å². The number of carbonyl (C=O) groups is 1. The smallest absolute Gasteiger partial charge is 0.282 e. The number of nitro benzene ring substituents is 1. The topological polar surface area (TPSA) is 140 Å². The Morgan fingerprint density at radius 3 is 2.69 bits per heavy atom. The highest BCUT2D eigenvalue weighted by molar-refractivity contribution is 5.98. The van der Waals surface area contributed by atoms with E-state index in [9.17, 15) is 24.1 Å². The average Bonchev–Trinajstić information content (AvgIpc) is 3.27. The second-order valence-electron chi connectivity index (χ2n) is 8.34. The molecule has 2 aromatic heterocycles. The molecule has 1 amide bonds. The molecule has 1 aliphatic heterocycles. The number of aromatic amines is 1. The Morgan fingerprint density at radius 2 is 1.94 bits per heavy atom. The van der Waals surface area contributed by atoms with Crippen LogP contribution in [0.1, 0.15) is 40.5 Å². The summed E-state index contributed by atoms with van der Waals surface area (Å²) in [5, 5.41) is 19.2. The summed E-state index contributed by atoms with van der Waals surface area (Å²) in [4.78, 5) is 45.2. The van der Waals surface area contributed by atoms with Crippen molar-refractivity contribution in [2.24, 2.45) is 0 Å². The number of piperidine rings is 1. The lowest BCUT2D eigenvalue weighted by Crippen LogP contribution is -2.38. The van der Waals surface area contributed by atoms with Gasteiger partial charge < -0.3 is 9.88 Å². The first-order valence-electron chi connectivity index (χ1n) is 11.0. The van der Waals surface area contributed by atoms with Crippen LogP contribution in [-0.4, -0.2) is 53.8 Å². The second-order valence-corrected chi connectivity index (χ2v) is 8.34. The Bertz CT molecular complexity index is 1490. The fourth-order valence-corrected chi connectivity index (χ4v) is 4.33. The van der Waals surface area contributed by atoms with Crippen molar-refractivity contribution in [3.8, 4) is 0 Å². The number of nitro groups is 1. The number of halogens is 1. The van der Waals surface area contributed by atoms with Crippen molar-refractivity contribution in [1.82, 2.24) is 29.9 Å². The van der Waals surface area contributed by atoms with Gasteiger partial charge in [-0.25, -0.2) is 14.1 Å². The van der Waals surface area contributed by atoms with E-state index in [1.54, 1.807) is 23.1 Å². The molecule has 0 atom stereocenters. The van der Waals surface area contributed by atoms with Crippen LogP contribution in [0.15, 0.2) is 53.3 Å². The number of hydrogen-bond acceptors (Lipinski definition) is 7. The SMILES string of the molecule is O=C(c1ccccc1[N+](=O)[O-])N1CCC(c2nc3c(nnn3Cc3cccc(F)c3)c(=O)[nH]2)CC1. The first kappa shape index (κ1) is 22.3. The van der Waals surface area contributed by atoms with Gasteiger partial charge in [0.05, 0.1) is 11.5 Å². The molecule has 0 spiro atoms. The van der Waals surface area contributed by atoms with Crippen molar-refractivity contribution in [1.29, 1.82) is 0 Å². The van der Waals surface area contributed by atoms with Crippen LogP contribution in [0.25, 0.3) is 11.2 Å². The standard InChI is InChI=1S/C23H20FN7O4/c24-16-5-3-4-14(12-16)13-30-21-19(27-28-30)22(32)26-20(25-21)15-8-10-29(11-9-15)23(33)17-6-1-2-7-18(17)31(34)35/h1-7,12,15H,8-11,13H2,(H,25,26,32).